The molecule has 1 fully saturated rings. The van der Waals surface area contributed by atoms with Crippen LogP contribution in [0.25, 0.3) is 0 Å². The highest BCUT2D eigenvalue weighted by molar-refractivity contribution is 7.89. The van der Waals surface area contributed by atoms with E-state index >= 15 is 0 Å². The lowest BCUT2D eigenvalue weighted by molar-refractivity contribution is 0.0618. The Bertz CT molecular complexity index is 819. The van der Waals surface area contributed by atoms with Crippen LogP contribution in [-0.4, -0.2) is 60.1 Å². The van der Waals surface area contributed by atoms with Crippen LogP contribution in [0.5, 0.6) is 0 Å². The van der Waals surface area contributed by atoms with Gasteiger partial charge in [-0.05, 0) is 50.6 Å². The van der Waals surface area contributed by atoms with Crippen LogP contribution < -0.4 is 9.44 Å². The molecule has 0 aromatic heterocycles. The number of amides is 1. The van der Waals surface area contributed by atoms with Crippen LogP contribution >= 0.6 is 0 Å². The van der Waals surface area contributed by atoms with Gasteiger partial charge in [-0.1, -0.05) is 0 Å². The van der Waals surface area contributed by atoms with Crippen molar-refractivity contribution >= 4 is 26.0 Å². The van der Waals surface area contributed by atoms with Crippen LogP contribution in [0, 0.1) is 0 Å². The maximum atomic E-state index is 12.7. The average molecular weight is 389 g/mol. The number of carbonyl (C=O) groups is 1. The molecule has 25 heavy (non-hydrogen) atoms. The van der Waals surface area contributed by atoms with Crippen molar-refractivity contribution in [2.75, 3.05) is 26.4 Å². The van der Waals surface area contributed by atoms with Gasteiger partial charge >= 0.3 is 0 Å². The summed E-state index contributed by atoms with van der Waals surface area (Å²) in [5, 5.41) is 0. The highest BCUT2D eigenvalue weighted by Crippen LogP contribution is 2.20. The third-order valence-corrected chi connectivity index (χ3v) is 6.27. The van der Waals surface area contributed by atoms with Crippen molar-refractivity contribution in [2.45, 2.75) is 30.2 Å². The molecule has 1 aromatic carbocycles. The number of carbonyl (C=O) groups excluding carboxylic acids is 1. The molecular formula is C15H23N3O5S2. The molecule has 0 radical (unpaired) electrons. The predicted octanol–water partition coefficient (Wildman–Crippen LogP) is 0.139. The van der Waals surface area contributed by atoms with Gasteiger partial charge in [-0.25, -0.2) is 26.3 Å². The first kappa shape index (κ1) is 19.8. The molecule has 140 valence electrons. The molecule has 0 spiro atoms. The number of hydrogen-bond acceptors (Lipinski definition) is 5. The molecule has 1 atom stereocenters. The van der Waals surface area contributed by atoms with Crippen molar-refractivity contribution in [1.29, 1.82) is 0 Å². The molecule has 2 N–H and O–H groups in total. The molecule has 10 heteroatoms. The van der Waals surface area contributed by atoms with E-state index in [-0.39, 0.29) is 23.4 Å². The molecule has 0 bridgehead atoms. The standard InChI is InChI=1S/C15H23N3O5S2/c1-16-25(22,23)14-8-6-12(7-9-14)15(19)18-10-4-3-5-13(18)11-17-24(2,20)21/h6-9,13,16-17H,3-5,10-11H2,1-2H3. The van der Waals surface area contributed by atoms with Crippen molar-refractivity contribution in [2.24, 2.45) is 0 Å². The van der Waals surface area contributed by atoms with Gasteiger partial charge in [-0.3, -0.25) is 4.79 Å². The average Bonchev–Trinajstić information content (AvgIpc) is 2.59. The highest BCUT2D eigenvalue weighted by Gasteiger charge is 2.28. The summed E-state index contributed by atoms with van der Waals surface area (Å²) in [7, 11) is -5.56. The normalized spacial score (nSPS) is 19.0. The van der Waals surface area contributed by atoms with Crippen LogP contribution in [0.3, 0.4) is 0 Å². The predicted molar refractivity (Wildman–Crippen MR) is 94.2 cm³/mol. The Morgan fingerprint density at radius 3 is 2.36 bits per heavy atom. The van der Waals surface area contributed by atoms with E-state index in [1.165, 1.54) is 31.3 Å². The summed E-state index contributed by atoms with van der Waals surface area (Å²) in [4.78, 5) is 14.5. The molecular weight excluding hydrogens is 366 g/mol. The van der Waals surface area contributed by atoms with E-state index in [9.17, 15) is 21.6 Å². The zero-order chi connectivity index (χ0) is 18.7. The van der Waals surface area contributed by atoms with Gasteiger partial charge in [-0.2, -0.15) is 0 Å². The molecule has 1 amide bonds. The SMILES string of the molecule is CNS(=O)(=O)c1ccc(C(=O)N2CCCCC2CNS(C)(=O)=O)cc1. The number of benzene rings is 1. The van der Waals surface area contributed by atoms with E-state index in [0.29, 0.717) is 12.1 Å². The second-order valence-corrected chi connectivity index (χ2v) is 9.72. The maximum absolute atomic E-state index is 12.7. The first-order valence-corrected chi connectivity index (χ1v) is 11.3. The lowest BCUT2D eigenvalue weighted by Gasteiger charge is -2.35. The van der Waals surface area contributed by atoms with E-state index in [2.05, 4.69) is 9.44 Å². The van der Waals surface area contributed by atoms with Gasteiger partial charge < -0.3 is 4.90 Å². The Kier molecular flexibility index (Phi) is 6.20. The third kappa shape index (κ3) is 5.24. The van der Waals surface area contributed by atoms with Crippen molar-refractivity contribution in [3.05, 3.63) is 29.8 Å². The van der Waals surface area contributed by atoms with E-state index in [0.717, 1.165) is 25.5 Å². The lowest BCUT2D eigenvalue weighted by atomic mass is 10.0. The van der Waals surface area contributed by atoms with Crippen LogP contribution in [0.2, 0.25) is 0 Å². The Labute approximate surface area is 148 Å². The summed E-state index contributed by atoms with van der Waals surface area (Å²) in [5.41, 5.74) is 0.376. The minimum atomic E-state index is -3.55. The van der Waals surface area contributed by atoms with Gasteiger partial charge in [0, 0.05) is 24.7 Å². The molecule has 2 rings (SSSR count). The van der Waals surface area contributed by atoms with E-state index < -0.39 is 20.0 Å². The molecule has 0 aliphatic carbocycles. The number of hydrogen-bond donors (Lipinski definition) is 2. The summed E-state index contributed by atoms with van der Waals surface area (Å²) >= 11 is 0. The third-order valence-electron chi connectivity index (χ3n) is 4.15. The number of nitrogens with one attached hydrogen (secondary N) is 2. The number of nitrogens with zero attached hydrogens (tertiary/aromatic N) is 1. The first-order chi connectivity index (χ1) is 11.6. The number of piperidine rings is 1. The van der Waals surface area contributed by atoms with Gasteiger partial charge in [-0.15, -0.1) is 0 Å². The topological polar surface area (TPSA) is 113 Å². The Morgan fingerprint density at radius 2 is 1.80 bits per heavy atom. The molecule has 1 saturated heterocycles. The maximum Gasteiger partial charge on any atom is 0.254 e. The van der Waals surface area contributed by atoms with Crippen molar-refractivity contribution in [3.63, 3.8) is 0 Å². The van der Waals surface area contributed by atoms with E-state index in [1.54, 1.807) is 4.90 Å². The molecule has 1 aliphatic heterocycles. The monoisotopic (exact) mass is 389 g/mol. The van der Waals surface area contributed by atoms with E-state index in [1.807, 2.05) is 0 Å². The second-order valence-electron chi connectivity index (χ2n) is 6.00. The second kappa shape index (κ2) is 7.81. The van der Waals surface area contributed by atoms with Crippen LogP contribution in [0.1, 0.15) is 29.6 Å². The summed E-state index contributed by atoms with van der Waals surface area (Å²) in [5.74, 6) is -0.228. The van der Waals surface area contributed by atoms with Gasteiger partial charge in [0.2, 0.25) is 20.0 Å². The lowest BCUT2D eigenvalue weighted by Crippen LogP contribution is -2.49. The minimum absolute atomic E-state index is 0.0838. The van der Waals surface area contributed by atoms with Crippen molar-refractivity contribution in [1.82, 2.24) is 14.3 Å². The summed E-state index contributed by atoms with van der Waals surface area (Å²) in [6.07, 6.45) is 3.59. The van der Waals surface area contributed by atoms with Crippen LogP contribution in [0.15, 0.2) is 29.2 Å². The summed E-state index contributed by atoms with van der Waals surface area (Å²) < 4.78 is 50.8. The molecule has 8 nitrogen and oxygen atoms in total. The zero-order valence-corrected chi connectivity index (χ0v) is 15.9. The molecule has 1 heterocycles. The summed E-state index contributed by atoms with van der Waals surface area (Å²) in [6.45, 7) is 0.725. The van der Waals surface area contributed by atoms with Crippen LogP contribution in [-0.2, 0) is 20.0 Å². The van der Waals surface area contributed by atoms with Crippen molar-refractivity contribution < 1.29 is 21.6 Å². The van der Waals surface area contributed by atoms with Gasteiger partial charge in [0.15, 0.2) is 0 Å². The molecule has 0 saturated carbocycles. The summed E-state index contributed by atoms with van der Waals surface area (Å²) in [6, 6.07) is 5.50. The van der Waals surface area contributed by atoms with E-state index in [4.69, 9.17) is 0 Å². The largest absolute Gasteiger partial charge is 0.334 e. The van der Waals surface area contributed by atoms with Crippen LogP contribution in [0.4, 0.5) is 0 Å². The van der Waals surface area contributed by atoms with Crippen molar-refractivity contribution in [3.8, 4) is 0 Å². The molecule has 1 aromatic rings. The zero-order valence-electron chi connectivity index (χ0n) is 14.2. The van der Waals surface area contributed by atoms with Gasteiger partial charge in [0.1, 0.15) is 0 Å². The van der Waals surface area contributed by atoms with Gasteiger partial charge in [0.05, 0.1) is 11.2 Å². The molecule has 1 unspecified atom stereocenters. The Morgan fingerprint density at radius 1 is 1.16 bits per heavy atom. The fourth-order valence-corrected chi connectivity index (χ4v) is 4.01. The fraction of sp³-hybridized carbons (Fsp3) is 0.533. The highest BCUT2D eigenvalue weighted by atomic mass is 32.2. The number of likely N-dealkylation sites (tertiary alicyclic amines) is 1. The number of sulfonamides is 2. The Balaban J connectivity index is 2.16. The smallest absolute Gasteiger partial charge is 0.254 e. The first-order valence-electron chi connectivity index (χ1n) is 7.93. The minimum Gasteiger partial charge on any atom is -0.334 e. The van der Waals surface area contributed by atoms with Gasteiger partial charge in [0.25, 0.3) is 5.91 Å². The fourth-order valence-electron chi connectivity index (χ4n) is 2.79. The molecule has 1 aliphatic rings. The number of rotatable bonds is 6. The Hall–Kier alpha value is -1.49. The quantitative estimate of drug-likeness (QED) is 0.719.